The number of benzene rings is 2. The maximum atomic E-state index is 15.7. The number of carboxylic acid groups (broad SMARTS) is 1. The lowest BCUT2D eigenvalue weighted by atomic mass is 9.71. The fourth-order valence-electron chi connectivity index (χ4n) is 5.10. The van der Waals surface area contributed by atoms with Gasteiger partial charge in [-0.15, -0.1) is 11.8 Å². The molecule has 37 heavy (non-hydrogen) atoms. The molecular weight excluding hydrogens is 534 g/mol. The Morgan fingerprint density at radius 3 is 2.62 bits per heavy atom. The van der Waals surface area contributed by atoms with E-state index in [1.165, 1.54) is 11.1 Å². The van der Waals surface area contributed by atoms with Crippen LogP contribution in [0.4, 0.5) is 4.39 Å². The third kappa shape index (κ3) is 7.29. The van der Waals surface area contributed by atoms with Crippen molar-refractivity contribution < 1.29 is 19.0 Å². The molecule has 1 fully saturated rings. The molecule has 2 heterocycles. The van der Waals surface area contributed by atoms with Crippen molar-refractivity contribution in [1.29, 1.82) is 0 Å². The zero-order chi connectivity index (χ0) is 26.4. The second-order valence-corrected chi connectivity index (χ2v) is 11.6. The van der Waals surface area contributed by atoms with Gasteiger partial charge in [0.1, 0.15) is 11.9 Å². The Kier molecular flexibility index (Phi) is 9.57. The average molecular weight is 566 g/mol. The summed E-state index contributed by atoms with van der Waals surface area (Å²) < 4.78 is 21.0. The number of fused-ring (bicyclic) bond motifs is 1. The maximum absolute atomic E-state index is 15.7. The minimum Gasteiger partial charge on any atom is -0.497 e. The Morgan fingerprint density at radius 1 is 1.22 bits per heavy atom. The summed E-state index contributed by atoms with van der Waals surface area (Å²) in [6, 6.07) is 13.1. The number of hydrogen-bond acceptors (Lipinski definition) is 5. The molecule has 1 aromatic heterocycles. The van der Waals surface area contributed by atoms with E-state index in [2.05, 4.69) is 9.88 Å². The second-order valence-electron chi connectivity index (χ2n) is 9.62. The van der Waals surface area contributed by atoms with E-state index in [4.69, 9.17) is 27.9 Å². The first kappa shape index (κ1) is 28.0. The van der Waals surface area contributed by atoms with E-state index in [-0.39, 0.29) is 17.9 Å². The molecule has 1 unspecified atom stereocenters. The zero-order valence-electron chi connectivity index (χ0n) is 20.8. The molecule has 0 aliphatic carbocycles. The van der Waals surface area contributed by atoms with Gasteiger partial charge in [-0.25, -0.2) is 4.39 Å². The van der Waals surface area contributed by atoms with Gasteiger partial charge in [0.05, 0.1) is 24.1 Å². The fraction of sp³-hybridized carbons (Fsp3) is 0.429. The van der Waals surface area contributed by atoms with Crippen molar-refractivity contribution in [1.82, 2.24) is 9.88 Å². The van der Waals surface area contributed by atoms with Crippen molar-refractivity contribution in [3.8, 4) is 5.75 Å². The number of aromatic nitrogens is 1. The molecule has 2 aromatic carbocycles. The Labute approximate surface area is 231 Å². The Hall–Kier alpha value is -2.06. The number of alkyl halides is 1. The number of halogens is 3. The number of nitrogens with zero attached hydrogens (tertiary/aromatic N) is 2. The molecule has 1 aliphatic heterocycles. The van der Waals surface area contributed by atoms with E-state index in [0.29, 0.717) is 28.6 Å². The van der Waals surface area contributed by atoms with E-state index < -0.39 is 17.6 Å². The zero-order valence-corrected chi connectivity index (χ0v) is 23.1. The van der Waals surface area contributed by atoms with Crippen LogP contribution in [-0.4, -0.2) is 53.5 Å². The van der Waals surface area contributed by atoms with Crippen molar-refractivity contribution in [2.75, 3.05) is 32.5 Å². The van der Waals surface area contributed by atoms with Gasteiger partial charge in [-0.1, -0.05) is 23.2 Å². The lowest BCUT2D eigenvalue weighted by molar-refractivity contribution is -0.141. The van der Waals surface area contributed by atoms with Crippen LogP contribution in [0, 0.1) is 5.41 Å². The molecular formula is C28H31Cl2FN2O3S. The predicted molar refractivity (Wildman–Crippen MR) is 149 cm³/mol. The second kappa shape index (κ2) is 12.7. The number of piperidine rings is 1. The number of carboxylic acids is 1. The van der Waals surface area contributed by atoms with Gasteiger partial charge in [-0.3, -0.25) is 9.78 Å². The standard InChI is InChI=1S/C28H31Cl2FN2O3S/c1-36-20-4-7-25-22(16-20)27(23(30)18-32-25)24(31)8-9-28(17-26(34)35)10-12-33(13-11-28)14-15-37-21-5-2-19(29)3-6-21/h2-7,16,18,24H,8-15,17H2,1H3,(H,34,35). The van der Waals surface area contributed by atoms with E-state index in [1.807, 2.05) is 24.3 Å². The number of methoxy groups -OCH3 is 1. The summed E-state index contributed by atoms with van der Waals surface area (Å²) in [5.74, 6) is 0.713. The lowest BCUT2D eigenvalue weighted by Crippen LogP contribution is -2.42. The first-order valence-corrected chi connectivity index (χ1v) is 14.1. The molecule has 1 aliphatic rings. The third-order valence-electron chi connectivity index (χ3n) is 7.24. The minimum atomic E-state index is -1.33. The Morgan fingerprint density at radius 2 is 1.95 bits per heavy atom. The summed E-state index contributed by atoms with van der Waals surface area (Å²) >= 11 is 14.1. The molecule has 0 spiro atoms. The van der Waals surface area contributed by atoms with E-state index in [0.717, 1.165) is 43.3 Å². The Bertz CT molecular complexity index is 1220. The average Bonchev–Trinajstić information content (AvgIpc) is 2.89. The number of likely N-dealkylation sites (tertiary alicyclic amines) is 1. The monoisotopic (exact) mass is 564 g/mol. The highest BCUT2D eigenvalue weighted by atomic mass is 35.5. The molecule has 0 amide bonds. The van der Waals surface area contributed by atoms with Crippen LogP contribution in [0.1, 0.15) is 43.8 Å². The minimum absolute atomic E-state index is 0.0474. The number of thioether (sulfide) groups is 1. The molecule has 0 radical (unpaired) electrons. The van der Waals surface area contributed by atoms with Crippen LogP contribution in [0.5, 0.6) is 5.75 Å². The topological polar surface area (TPSA) is 62.7 Å². The van der Waals surface area contributed by atoms with Crippen molar-refractivity contribution in [2.45, 2.75) is 43.2 Å². The number of pyridine rings is 1. The summed E-state index contributed by atoms with van der Waals surface area (Å²) in [5.41, 5.74) is 0.615. The maximum Gasteiger partial charge on any atom is 0.303 e. The molecule has 0 bridgehead atoms. The van der Waals surface area contributed by atoms with Gasteiger partial charge in [0.15, 0.2) is 0 Å². The highest BCUT2D eigenvalue weighted by Crippen LogP contribution is 2.44. The van der Waals surface area contributed by atoms with Gasteiger partial charge < -0.3 is 14.7 Å². The molecule has 9 heteroatoms. The van der Waals surface area contributed by atoms with Gasteiger partial charge in [0.25, 0.3) is 0 Å². The summed E-state index contributed by atoms with van der Waals surface area (Å²) in [7, 11) is 1.56. The van der Waals surface area contributed by atoms with Crippen molar-refractivity contribution in [2.24, 2.45) is 5.41 Å². The number of rotatable bonds is 11. The highest BCUT2D eigenvalue weighted by Gasteiger charge is 2.37. The molecule has 1 saturated heterocycles. The summed E-state index contributed by atoms with van der Waals surface area (Å²) in [6.45, 7) is 2.53. The molecule has 1 N–H and O–H groups in total. The van der Waals surface area contributed by atoms with Crippen LogP contribution < -0.4 is 4.74 Å². The summed E-state index contributed by atoms with van der Waals surface area (Å²) in [6.07, 6.45) is 2.35. The van der Waals surface area contributed by atoms with Gasteiger partial charge in [-0.2, -0.15) is 0 Å². The molecule has 4 rings (SSSR count). The third-order valence-corrected chi connectivity index (χ3v) is 8.79. The first-order valence-electron chi connectivity index (χ1n) is 12.4. The van der Waals surface area contributed by atoms with Crippen molar-refractivity contribution in [3.63, 3.8) is 0 Å². The SMILES string of the molecule is COc1ccc2ncc(Cl)c(C(F)CCC3(CC(=O)O)CCN(CCSc4ccc(Cl)cc4)CC3)c2c1. The van der Waals surface area contributed by atoms with Crippen molar-refractivity contribution >= 4 is 51.8 Å². The molecule has 198 valence electrons. The van der Waals surface area contributed by atoms with Gasteiger partial charge in [0.2, 0.25) is 0 Å². The quantitative estimate of drug-likeness (QED) is 0.241. The van der Waals surface area contributed by atoms with Crippen LogP contribution in [0.25, 0.3) is 10.9 Å². The van der Waals surface area contributed by atoms with Crippen LogP contribution in [0.3, 0.4) is 0 Å². The number of aliphatic carboxylic acids is 1. The van der Waals surface area contributed by atoms with E-state index >= 15 is 4.39 Å². The molecule has 5 nitrogen and oxygen atoms in total. The van der Waals surface area contributed by atoms with Crippen LogP contribution >= 0.6 is 35.0 Å². The highest BCUT2D eigenvalue weighted by molar-refractivity contribution is 7.99. The van der Waals surface area contributed by atoms with Crippen LogP contribution in [-0.2, 0) is 4.79 Å². The van der Waals surface area contributed by atoms with Gasteiger partial charge >= 0.3 is 5.97 Å². The normalized spacial score (nSPS) is 16.5. The van der Waals surface area contributed by atoms with Gasteiger partial charge in [-0.05, 0) is 86.7 Å². The van der Waals surface area contributed by atoms with Crippen LogP contribution in [0.2, 0.25) is 10.0 Å². The van der Waals surface area contributed by atoms with E-state index in [1.54, 1.807) is 37.1 Å². The van der Waals surface area contributed by atoms with Gasteiger partial charge in [0, 0.05) is 39.4 Å². The van der Waals surface area contributed by atoms with Crippen molar-refractivity contribution in [3.05, 3.63) is 64.3 Å². The molecule has 1 atom stereocenters. The summed E-state index contributed by atoms with van der Waals surface area (Å²) in [5, 5.41) is 11.3. The predicted octanol–water partition coefficient (Wildman–Crippen LogP) is 7.69. The summed E-state index contributed by atoms with van der Waals surface area (Å²) in [4.78, 5) is 19.6. The largest absolute Gasteiger partial charge is 0.497 e. The first-order chi connectivity index (χ1) is 17.8. The van der Waals surface area contributed by atoms with E-state index in [9.17, 15) is 9.90 Å². The lowest BCUT2D eigenvalue weighted by Gasteiger charge is -2.41. The number of hydrogen-bond donors (Lipinski definition) is 1. The fourth-order valence-corrected chi connectivity index (χ4v) is 6.41. The molecule has 3 aromatic rings. The number of ether oxygens (including phenoxy) is 1. The number of carbonyl (C=O) groups is 1. The Balaban J connectivity index is 1.38. The molecule has 0 saturated carbocycles. The van der Waals surface area contributed by atoms with Crippen LogP contribution in [0.15, 0.2) is 53.6 Å². The smallest absolute Gasteiger partial charge is 0.303 e.